The Morgan fingerprint density at radius 1 is 1.25 bits per heavy atom. The lowest BCUT2D eigenvalue weighted by Gasteiger charge is -2.32. The van der Waals surface area contributed by atoms with Crippen molar-refractivity contribution in [3.05, 3.63) is 47.8 Å². The van der Waals surface area contributed by atoms with Gasteiger partial charge in [0.05, 0.1) is 0 Å². The van der Waals surface area contributed by atoms with Crippen molar-refractivity contribution in [2.45, 2.75) is 45.4 Å². The third kappa shape index (κ3) is 3.81. The molecule has 24 heavy (non-hydrogen) atoms. The highest BCUT2D eigenvalue weighted by molar-refractivity contribution is 5.76. The molecule has 1 unspecified atom stereocenters. The highest BCUT2D eigenvalue weighted by Gasteiger charge is 2.25. The number of hydrogen-bond acceptors (Lipinski definition) is 3. The van der Waals surface area contributed by atoms with Gasteiger partial charge in [-0.25, -0.2) is 9.97 Å². The Hall–Kier alpha value is -2.23. The first kappa shape index (κ1) is 16.6. The number of carbonyl (C=O) groups excluding carboxylic acids is 1. The first-order chi connectivity index (χ1) is 11.7. The molecule has 2 heterocycles. The molecule has 4 nitrogen and oxygen atoms in total. The molecule has 1 atom stereocenters. The molecule has 1 aromatic carbocycles. The van der Waals surface area contributed by atoms with Gasteiger partial charge in [-0.3, -0.25) is 4.79 Å². The van der Waals surface area contributed by atoms with E-state index in [9.17, 15) is 4.79 Å². The van der Waals surface area contributed by atoms with Gasteiger partial charge in [0.2, 0.25) is 5.91 Å². The van der Waals surface area contributed by atoms with E-state index in [1.54, 1.807) is 0 Å². The molecule has 0 saturated carbocycles. The maximum Gasteiger partial charge on any atom is 0.222 e. The molecule has 0 bridgehead atoms. The fraction of sp³-hybridized carbons (Fsp3) is 0.450. The first-order valence-electron chi connectivity index (χ1n) is 8.85. The van der Waals surface area contributed by atoms with Gasteiger partial charge in [0.15, 0.2) is 5.82 Å². The predicted octanol–water partition coefficient (Wildman–Crippen LogP) is 3.96. The summed E-state index contributed by atoms with van der Waals surface area (Å²) in [6, 6.07) is 10.3. The fourth-order valence-electron chi connectivity index (χ4n) is 3.26. The normalized spacial score (nSPS) is 17.8. The molecule has 1 aliphatic rings. The van der Waals surface area contributed by atoms with Crippen molar-refractivity contribution >= 4 is 5.91 Å². The number of nitrogens with zero attached hydrogens (tertiary/aromatic N) is 3. The summed E-state index contributed by atoms with van der Waals surface area (Å²) in [6.45, 7) is 5.79. The average Bonchev–Trinajstić information content (AvgIpc) is 2.63. The molecule has 1 saturated heterocycles. The largest absolute Gasteiger partial charge is 0.342 e. The van der Waals surface area contributed by atoms with Crippen molar-refractivity contribution in [3.63, 3.8) is 0 Å². The van der Waals surface area contributed by atoms with Gasteiger partial charge in [-0.1, -0.05) is 36.8 Å². The highest BCUT2D eigenvalue weighted by Crippen LogP contribution is 2.27. The second-order valence-corrected chi connectivity index (χ2v) is 6.60. The van der Waals surface area contributed by atoms with Crippen LogP contribution in [0.2, 0.25) is 0 Å². The Morgan fingerprint density at radius 2 is 2.04 bits per heavy atom. The van der Waals surface area contributed by atoms with E-state index in [-0.39, 0.29) is 5.91 Å². The number of aryl methyl sites for hydroxylation is 1. The molecule has 1 amide bonds. The molecule has 4 heteroatoms. The van der Waals surface area contributed by atoms with Crippen LogP contribution in [0.4, 0.5) is 0 Å². The second-order valence-electron chi connectivity index (χ2n) is 6.60. The van der Waals surface area contributed by atoms with Gasteiger partial charge in [0.25, 0.3) is 0 Å². The molecule has 0 N–H and O–H groups in total. The van der Waals surface area contributed by atoms with Crippen molar-refractivity contribution in [2.24, 2.45) is 0 Å². The maximum absolute atomic E-state index is 12.2. The topological polar surface area (TPSA) is 46.1 Å². The van der Waals surface area contributed by atoms with Crippen molar-refractivity contribution in [1.29, 1.82) is 0 Å². The van der Waals surface area contributed by atoms with Crippen LogP contribution in [0.3, 0.4) is 0 Å². The number of rotatable bonds is 4. The van der Waals surface area contributed by atoms with Gasteiger partial charge in [-0.2, -0.15) is 0 Å². The van der Waals surface area contributed by atoms with Gasteiger partial charge in [0.1, 0.15) is 0 Å². The van der Waals surface area contributed by atoms with Gasteiger partial charge in [-0.05, 0) is 32.3 Å². The van der Waals surface area contributed by atoms with Crippen molar-refractivity contribution < 1.29 is 4.79 Å². The number of aromatic nitrogens is 2. The summed E-state index contributed by atoms with van der Waals surface area (Å²) < 4.78 is 0. The quantitative estimate of drug-likeness (QED) is 0.855. The number of hydrogen-bond donors (Lipinski definition) is 0. The summed E-state index contributed by atoms with van der Waals surface area (Å²) in [5, 5.41) is 0. The molecular formula is C20H25N3O. The fourth-order valence-corrected chi connectivity index (χ4v) is 3.26. The Labute approximate surface area is 143 Å². The Balaban J connectivity index is 1.78. The van der Waals surface area contributed by atoms with Gasteiger partial charge < -0.3 is 4.90 Å². The standard InChI is InChI=1S/C20H25N3O/c1-3-5-19(24)23-13-4-6-17(14-23)18-11-12-21-20(22-18)16-9-7-15(2)8-10-16/h7-12,17H,3-6,13-14H2,1-2H3. The third-order valence-electron chi connectivity index (χ3n) is 4.64. The zero-order chi connectivity index (χ0) is 16.9. The molecular weight excluding hydrogens is 298 g/mol. The van der Waals surface area contributed by atoms with Crippen molar-refractivity contribution in [1.82, 2.24) is 14.9 Å². The Morgan fingerprint density at radius 3 is 2.79 bits per heavy atom. The zero-order valence-corrected chi connectivity index (χ0v) is 14.5. The smallest absolute Gasteiger partial charge is 0.222 e. The molecule has 126 valence electrons. The second kappa shape index (κ2) is 7.56. The zero-order valence-electron chi connectivity index (χ0n) is 14.5. The minimum atomic E-state index is 0.273. The van der Waals surface area contributed by atoms with E-state index in [4.69, 9.17) is 4.98 Å². The van der Waals surface area contributed by atoms with Crippen LogP contribution in [-0.4, -0.2) is 33.9 Å². The molecule has 1 fully saturated rings. The molecule has 1 aliphatic heterocycles. The van der Waals surface area contributed by atoms with E-state index in [1.165, 1.54) is 5.56 Å². The molecule has 0 spiro atoms. The highest BCUT2D eigenvalue weighted by atomic mass is 16.2. The van der Waals surface area contributed by atoms with E-state index >= 15 is 0 Å². The molecule has 0 radical (unpaired) electrons. The number of likely N-dealkylation sites (tertiary alicyclic amines) is 1. The molecule has 1 aromatic heterocycles. The van der Waals surface area contributed by atoms with Crippen LogP contribution in [0.1, 0.15) is 49.8 Å². The third-order valence-corrected chi connectivity index (χ3v) is 4.64. The van der Waals surface area contributed by atoms with Crippen LogP contribution >= 0.6 is 0 Å². The van der Waals surface area contributed by atoms with E-state index in [1.807, 2.05) is 17.2 Å². The van der Waals surface area contributed by atoms with Crippen LogP contribution in [0.15, 0.2) is 36.5 Å². The Kier molecular flexibility index (Phi) is 5.24. The lowest BCUT2D eigenvalue weighted by atomic mass is 9.94. The summed E-state index contributed by atoms with van der Waals surface area (Å²) in [6.07, 6.45) is 5.52. The number of amides is 1. The van der Waals surface area contributed by atoms with Crippen LogP contribution in [-0.2, 0) is 4.79 Å². The van der Waals surface area contributed by atoms with Crippen LogP contribution in [0, 0.1) is 6.92 Å². The van der Waals surface area contributed by atoms with Crippen LogP contribution < -0.4 is 0 Å². The molecule has 3 rings (SSSR count). The predicted molar refractivity (Wildman–Crippen MR) is 95.7 cm³/mol. The first-order valence-corrected chi connectivity index (χ1v) is 8.85. The number of benzene rings is 1. The SMILES string of the molecule is CCCC(=O)N1CCCC(c2ccnc(-c3ccc(C)cc3)n2)C1. The van der Waals surface area contributed by atoms with Gasteiger partial charge in [0, 0.05) is 42.9 Å². The monoisotopic (exact) mass is 323 g/mol. The number of carbonyl (C=O) groups is 1. The van der Waals surface area contributed by atoms with Crippen molar-refractivity contribution in [3.8, 4) is 11.4 Å². The molecule has 2 aromatic rings. The maximum atomic E-state index is 12.2. The minimum Gasteiger partial charge on any atom is -0.342 e. The van der Waals surface area contributed by atoms with Crippen LogP contribution in [0.25, 0.3) is 11.4 Å². The van der Waals surface area contributed by atoms with Gasteiger partial charge in [-0.15, -0.1) is 0 Å². The lowest BCUT2D eigenvalue weighted by molar-refractivity contribution is -0.132. The van der Waals surface area contributed by atoms with Crippen molar-refractivity contribution in [2.75, 3.05) is 13.1 Å². The van der Waals surface area contributed by atoms with E-state index in [0.717, 1.165) is 49.4 Å². The van der Waals surface area contributed by atoms with E-state index in [0.29, 0.717) is 12.3 Å². The van der Waals surface area contributed by atoms with Crippen LogP contribution in [0.5, 0.6) is 0 Å². The summed E-state index contributed by atoms with van der Waals surface area (Å²) in [7, 11) is 0. The van der Waals surface area contributed by atoms with E-state index < -0.39 is 0 Å². The Bertz CT molecular complexity index is 696. The summed E-state index contributed by atoms with van der Waals surface area (Å²) >= 11 is 0. The van der Waals surface area contributed by atoms with E-state index in [2.05, 4.69) is 43.1 Å². The minimum absolute atomic E-state index is 0.273. The van der Waals surface area contributed by atoms with Gasteiger partial charge >= 0.3 is 0 Å². The molecule has 0 aliphatic carbocycles. The number of piperidine rings is 1. The average molecular weight is 323 g/mol. The summed E-state index contributed by atoms with van der Waals surface area (Å²) in [5.74, 6) is 1.35. The lowest BCUT2D eigenvalue weighted by Crippen LogP contribution is -2.39. The summed E-state index contributed by atoms with van der Waals surface area (Å²) in [5.41, 5.74) is 3.32. The summed E-state index contributed by atoms with van der Waals surface area (Å²) in [4.78, 5) is 23.4.